The zero-order valence-corrected chi connectivity index (χ0v) is 48.0. The van der Waals surface area contributed by atoms with Gasteiger partial charge in [-0.2, -0.15) is 0 Å². The fraction of sp³-hybridized carbons (Fsp3) is 0.710. The molecule has 0 saturated carbocycles. The Hall–Kier alpha value is -3.07. The molecule has 0 aromatic carbocycles. The van der Waals surface area contributed by atoms with Crippen LogP contribution in [0.2, 0.25) is 0 Å². The summed E-state index contributed by atoms with van der Waals surface area (Å²) in [6.45, 7) is 6.64. The molecule has 0 radical (unpaired) electrons. The van der Waals surface area contributed by atoms with E-state index in [0.29, 0.717) is 23.9 Å². The molecule has 0 heterocycles. The normalized spacial score (nSPS) is 14.5. The highest BCUT2D eigenvalue weighted by atomic mass is 31.2. The van der Waals surface area contributed by atoms with Crippen LogP contribution in [0.3, 0.4) is 0 Å². The predicted molar refractivity (Wildman–Crippen MR) is 307 cm³/mol. The van der Waals surface area contributed by atoms with Crippen molar-refractivity contribution in [2.45, 2.75) is 245 Å². The molecule has 0 aromatic rings. The van der Waals surface area contributed by atoms with Crippen LogP contribution < -0.4 is 10.2 Å². The Morgan fingerprint density at radius 2 is 0.889 bits per heavy atom. The molecule has 0 rings (SSSR count). The van der Waals surface area contributed by atoms with E-state index in [9.17, 15) is 19.0 Å². The maximum atomic E-state index is 13.5. The fourth-order valence-electron chi connectivity index (χ4n) is 7.75. The molecule has 0 bridgehead atoms. The fourth-order valence-corrected chi connectivity index (χ4v) is 8.48. The number of allylic oxidation sites excluding steroid dienone is 15. The Bertz CT molecular complexity index is 1560. The molecule has 0 spiro atoms. The van der Waals surface area contributed by atoms with E-state index in [1.54, 1.807) is 0 Å². The number of nitrogens with zero attached hydrogens (tertiary/aromatic N) is 1. The van der Waals surface area contributed by atoms with E-state index in [0.717, 1.165) is 116 Å². The number of hydrogen-bond donors (Lipinski definition) is 1. The first-order valence-corrected chi connectivity index (χ1v) is 30.5. The van der Waals surface area contributed by atoms with Crippen molar-refractivity contribution in [3.05, 3.63) is 97.2 Å². The number of esters is 1. The molecule has 0 aromatic heterocycles. The second-order valence-electron chi connectivity index (χ2n) is 20.4. The quantitative estimate of drug-likeness (QED) is 0.0212. The van der Waals surface area contributed by atoms with Gasteiger partial charge in [0, 0.05) is 12.8 Å². The third-order valence-electron chi connectivity index (χ3n) is 12.2. The third-order valence-corrected chi connectivity index (χ3v) is 13.2. The molecule has 0 aliphatic heterocycles. The van der Waals surface area contributed by atoms with Crippen LogP contribution in [-0.4, -0.2) is 69.4 Å². The highest BCUT2D eigenvalue weighted by molar-refractivity contribution is 7.45. The summed E-state index contributed by atoms with van der Waals surface area (Å²) in [4.78, 5) is 39.9. The van der Waals surface area contributed by atoms with Crippen LogP contribution in [0, 0.1) is 0 Å². The lowest BCUT2D eigenvalue weighted by atomic mass is 10.1. The zero-order chi connectivity index (χ0) is 52.9. The number of carbonyl (C=O) groups is 2. The highest BCUT2D eigenvalue weighted by Crippen LogP contribution is 2.38. The van der Waals surface area contributed by atoms with Crippen LogP contribution in [0.1, 0.15) is 233 Å². The summed E-state index contributed by atoms with van der Waals surface area (Å²) in [5, 5.41) is 3.00. The number of likely N-dealkylation sites (N-methyl/N-ethyl adjacent to an activating group) is 1. The van der Waals surface area contributed by atoms with Gasteiger partial charge < -0.3 is 28.5 Å². The molecule has 414 valence electrons. The van der Waals surface area contributed by atoms with Gasteiger partial charge in [-0.15, -0.1) is 0 Å². The largest absolute Gasteiger partial charge is 0.756 e. The average Bonchev–Trinajstić information content (AvgIpc) is 3.34. The second-order valence-corrected chi connectivity index (χ2v) is 21.8. The Balaban J connectivity index is 5.38. The zero-order valence-electron chi connectivity index (χ0n) is 47.1. The van der Waals surface area contributed by atoms with Gasteiger partial charge in [0.15, 0.2) is 0 Å². The first-order chi connectivity index (χ1) is 34.9. The molecule has 0 aliphatic rings. The molecule has 0 aliphatic carbocycles. The molecular formula is C62H109N2O7P. The summed E-state index contributed by atoms with van der Waals surface area (Å²) in [6.07, 6.45) is 68.0. The predicted octanol–water partition coefficient (Wildman–Crippen LogP) is 17.0. The van der Waals surface area contributed by atoms with E-state index in [4.69, 9.17) is 13.8 Å². The molecule has 1 amide bonds. The molecule has 10 heteroatoms. The van der Waals surface area contributed by atoms with Gasteiger partial charge in [-0.25, -0.2) is 0 Å². The molecule has 9 nitrogen and oxygen atoms in total. The summed E-state index contributed by atoms with van der Waals surface area (Å²) < 4.78 is 30.2. The lowest BCUT2D eigenvalue weighted by Gasteiger charge is -2.30. The maximum absolute atomic E-state index is 13.5. The minimum atomic E-state index is -4.71. The second kappa shape index (κ2) is 51.4. The van der Waals surface area contributed by atoms with E-state index in [1.165, 1.54) is 70.6 Å². The number of quaternary nitrogens is 1. The highest BCUT2D eigenvalue weighted by Gasteiger charge is 2.27. The number of rotatable bonds is 51. The van der Waals surface area contributed by atoms with Gasteiger partial charge in [0.05, 0.1) is 33.8 Å². The molecular weight excluding hydrogens is 916 g/mol. The molecule has 3 atom stereocenters. The Morgan fingerprint density at radius 3 is 1.38 bits per heavy atom. The Labute approximate surface area is 443 Å². The minimum absolute atomic E-state index is 0.0358. The SMILES string of the molecule is CC/C=C/C/C=C/C/C=C/C/C=C/CCCCCC(=O)NC(COP(=O)([O-])OCC[N+](C)(C)C)C(/C=C/CCCCCCCCCCC)OC(=O)CCCCCCCC/C=C\C/C=C\C/C=C\CCCCC. The maximum Gasteiger partial charge on any atom is 0.306 e. The van der Waals surface area contributed by atoms with Crippen molar-refractivity contribution in [1.29, 1.82) is 0 Å². The van der Waals surface area contributed by atoms with E-state index < -0.39 is 26.6 Å². The number of nitrogens with one attached hydrogen (secondary N) is 1. The molecule has 3 unspecified atom stereocenters. The summed E-state index contributed by atoms with van der Waals surface area (Å²) >= 11 is 0. The van der Waals surface area contributed by atoms with Crippen LogP contribution in [0.5, 0.6) is 0 Å². The standard InChI is InChI=1S/C62H109N2O7P/c1-7-10-13-16-19-22-25-27-29-31-32-33-35-37-40-43-46-49-52-55-62(66)71-60(53-50-47-44-41-38-24-21-18-15-12-9-3)59(58-70-72(67,68)69-57-56-64(4,5)6)63-61(65)54-51-48-45-42-39-36-34-30-28-26-23-20-17-14-11-8-2/h11,14,19-20,22-23,27-30,32-33,36,39,50,53,59-60H,7-10,12-13,15-18,21,24-26,31,34-35,37-38,40-49,51-52,54-58H2,1-6H3,(H-,63,65,67,68)/b14-11+,22-19-,23-20+,29-27-,30-28+,33-32-,39-36+,53-50+. The number of phosphoric ester groups is 1. The van der Waals surface area contributed by atoms with Crippen molar-refractivity contribution in [3.63, 3.8) is 0 Å². The number of unbranched alkanes of at least 4 members (excludes halogenated alkanes) is 21. The monoisotopic (exact) mass is 1020 g/mol. The van der Waals surface area contributed by atoms with E-state index in [1.807, 2.05) is 33.3 Å². The number of phosphoric acid groups is 1. The summed E-state index contributed by atoms with van der Waals surface area (Å²) in [5.74, 6) is -0.599. The van der Waals surface area contributed by atoms with E-state index in [2.05, 4.69) is 111 Å². The van der Waals surface area contributed by atoms with Gasteiger partial charge in [-0.05, 0) is 109 Å². The van der Waals surface area contributed by atoms with Crippen molar-refractivity contribution in [2.24, 2.45) is 0 Å². The lowest BCUT2D eigenvalue weighted by molar-refractivity contribution is -0.870. The molecule has 72 heavy (non-hydrogen) atoms. The summed E-state index contributed by atoms with van der Waals surface area (Å²) in [6, 6.07) is -0.915. The first kappa shape index (κ1) is 68.9. The van der Waals surface area contributed by atoms with Crippen molar-refractivity contribution >= 4 is 19.7 Å². The van der Waals surface area contributed by atoms with E-state index in [-0.39, 0.29) is 31.3 Å². The number of ether oxygens (including phenoxy) is 1. The van der Waals surface area contributed by atoms with Gasteiger partial charge in [0.1, 0.15) is 19.3 Å². The lowest BCUT2D eigenvalue weighted by Crippen LogP contribution is -2.47. The van der Waals surface area contributed by atoms with Crippen LogP contribution >= 0.6 is 7.82 Å². The Morgan fingerprint density at radius 1 is 0.500 bits per heavy atom. The Kier molecular flexibility index (Phi) is 49.2. The average molecular weight is 1030 g/mol. The minimum Gasteiger partial charge on any atom is -0.756 e. The summed E-state index contributed by atoms with van der Waals surface area (Å²) in [7, 11) is 1.14. The van der Waals surface area contributed by atoms with Gasteiger partial charge in [0.2, 0.25) is 5.91 Å². The van der Waals surface area contributed by atoms with Gasteiger partial charge >= 0.3 is 5.97 Å². The molecule has 1 N–H and O–H groups in total. The number of carbonyl (C=O) groups excluding carboxylic acids is 2. The van der Waals surface area contributed by atoms with E-state index >= 15 is 0 Å². The van der Waals surface area contributed by atoms with Crippen molar-refractivity contribution in [1.82, 2.24) is 5.32 Å². The molecule has 0 fully saturated rings. The summed E-state index contributed by atoms with van der Waals surface area (Å²) in [5.41, 5.74) is 0. The van der Waals surface area contributed by atoms with Crippen molar-refractivity contribution in [2.75, 3.05) is 40.9 Å². The first-order valence-electron chi connectivity index (χ1n) is 29.0. The smallest absolute Gasteiger partial charge is 0.306 e. The van der Waals surface area contributed by atoms with Crippen LogP contribution in [0.25, 0.3) is 0 Å². The van der Waals surface area contributed by atoms with Gasteiger partial charge in [0.25, 0.3) is 7.82 Å². The van der Waals surface area contributed by atoms with Crippen molar-refractivity contribution < 1.29 is 37.3 Å². The molecule has 0 saturated heterocycles. The topological polar surface area (TPSA) is 114 Å². The van der Waals surface area contributed by atoms with Crippen LogP contribution in [0.4, 0.5) is 0 Å². The van der Waals surface area contributed by atoms with Crippen molar-refractivity contribution in [3.8, 4) is 0 Å². The number of hydrogen-bond acceptors (Lipinski definition) is 7. The number of amides is 1. The van der Waals surface area contributed by atoms with Crippen LogP contribution in [0.15, 0.2) is 97.2 Å². The van der Waals surface area contributed by atoms with Gasteiger partial charge in [-0.1, -0.05) is 208 Å². The van der Waals surface area contributed by atoms with Crippen LogP contribution in [-0.2, 0) is 27.9 Å². The van der Waals surface area contributed by atoms with Gasteiger partial charge in [-0.3, -0.25) is 14.2 Å². The third kappa shape index (κ3) is 51.8.